The number of hydrogen-bond donors (Lipinski definition) is 1. The second kappa shape index (κ2) is 4.80. The number of phenols is 1. The summed E-state index contributed by atoms with van der Waals surface area (Å²) in [6.07, 6.45) is 0.757. The van der Waals surface area contributed by atoms with Crippen LogP contribution in [0.3, 0.4) is 0 Å². The van der Waals surface area contributed by atoms with Gasteiger partial charge in [-0.15, -0.1) is 15.0 Å². The number of nitrogens with zero attached hydrogens (tertiary/aromatic N) is 3. The van der Waals surface area contributed by atoms with E-state index in [1.165, 1.54) is 4.80 Å². The first-order chi connectivity index (χ1) is 9.58. The van der Waals surface area contributed by atoms with Crippen molar-refractivity contribution in [1.82, 2.24) is 15.0 Å². The quantitative estimate of drug-likeness (QED) is 0.783. The number of phenolic OH excluding ortho intramolecular Hbond substituents is 1. The van der Waals surface area contributed by atoms with Crippen LogP contribution in [0.5, 0.6) is 5.75 Å². The van der Waals surface area contributed by atoms with Crippen LogP contribution in [0, 0.1) is 6.92 Å². The highest BCUT2D eigenvalue weighted by Crippen LogP contribution is 2.28. The molecule has 0 fully saturated rings. The molecule has 1 N–H and O–H groups in total. The molecule has 0 saturated heterocycles. The van der Waals surface area contributed by atoms with Crippen LogP contribution in [0.15, 0.2) is 30.3 Å². The SMILES string of the molecule is CCc1cc(C)cc(-n2nc3ccc(Cl)cc3n2)c1O. The molecule has 0 unspecified atom stereocenters. The second-order valence-electron chi connectivity index (χ2n) is 4.77. The number of halogens is 1. The van der Waals surface area contributed by atoms with Gasteiger partial charge in [-0.05, 0) is 48.7 Å². The molecule has 4 nitrogen and oxygen atoms in total. The van der Waals surface area contributed by atoms with Crippen LogP contribution in [0.2, 0.25) is 5.02 Å². The minimum absolute atomic E-state index is 0.226. The summed E-state index contributed by atoms with van der Waals surface area (Å²) < 4.78 is 0. The molecule has 3 aromatic rings. The third kappa shape index (κ3) is 2.12. The molecule has 102 valence electrons. The average Bonchev–Trinajstić information content (AvgIpc) is 2.83. The summed E-state index contributed by atoms with van der Waals surface area (Å²) in [5, 5.41) is 19.7. The molecular formula is C15H14ClN3O. The highest BCUT2D eigenvalue weighted by atomic mass is 35.5. The van der Waals surface area contributed by atoms with Gasteiger partial charge < -0.3 is 5.11 Å². The van der Waals surface area contributed by atoms with Gasteiger partial charge in [0.15, 0.2) is 0 Å². The summed E-state index contributed by atoms with van der Waals surface area (Å²) in [6, 6.07) is 9.19. The fourth-order valence-electron chi connectivity index (χ4n) is 2.25. The molecular weight excluding hydrogens is 274 g/mol. The van der Waals surface area contributed by atoms with Crippen LogP contribution in [-0.4, -0.2) is 20.1 Å². The van der Waals surface area contributed by atoms with Gasteiger partial charge in [0.1, 0.15) is 22.5 Å². The Morgan fingerprint density at radius 3 is 2.65 bits per heavy atom. The first-order valence-electron chi connectivity index (χ1n) is 6.44. The molecule has 0 amide bonds. The number of aryl methyl sites for hydroxylation is 2. The van der Waals surface area contributed by atoms with E-state index in [1.54, 1.807) is 12.1 Å². The van der Waals surface area contributed by atoms with E-state index in [4.69, 9.17) is 11.6 Å². The molecule has 0 aliphatic rings. The van der Waals surface area contributed by atoms with Gasteiger partial charge in [0.05, 0.1) is 0 Å². The highest BCUT2D eigenvalue weighted by molar-refractivity contribution is 6.31. The maximum absolute atomic E-state index is 10.3. The third-order valence-electron chi connectivity index (χ3n) is 3.25. The molecule has 0 radical (unpaired) electrons. The van der Waals surface area contributed by atoms with Crippen molar-refractivity contribution in [2.75, 3.05) is 0 Å². The summed E-state index contributed by atoms with van der Waals surface area (Å²) in [4.78, 5) is 1.46. The summed E-state index contributed by atoms with van der Waals surface area (Å²) >= 11 is 5.95. The average molecular weight is 288 g/mol. The van der Waals surface area contributed by atoms with E-state index in [1.807, 2.05) is 32.0 Å². The molecule has 0 bridgehead atoms. The lowest BCUT2D eigenvalue weighted by molar-refractivity contribution is 0.461. The van der Waals surface area contributed by atoms with Crippen molar-refractivity contribution < 1.29 is 5.11 Å². The van der Waals surface area contributed by atoms with E-state index in [0.29, 0.717) is 16.2 Å². The Balaban J connectivity index is 2.22. The zero-order valence-electron chi connectivity index (χ0n) is 11.3. The third-order valence-corrected chi connectivity index (χ3v) is 3.49. The predicted octanol–water partition coefficient (Wildman–Crippen LogP) is 3.65. The van der Waals surface area contributed by atoms with Crippen molar-refractivity contribution in [3.05, 3.63) is 46.5 Å². The summed E-state index contributed by atoms with van der Waals surface area (Å²) in [5.74, 6) is 0.226. The maximum atomic E-state index is 10.3. The van der Waals surface area contributed by atoms with Crippen LogP contribution in [-0.2, 0) is 6.42 Å². The molecule has 3 rings (SSSR count). The Morgan fingerprint density at radius 2 is 1.90 bits per heavy atom. The molecule has 5 heteroatoms. The predicted molar refractivity (Wildman–Crippen MR) is 79.7 cm³/mol. The van der Waals surface area contributed by atoms with Crippen molar-refractivity contribution in [3.63, 3.8) is 0 Å². The molecule has 0 spiro atoms. The summed E-state index contributed by atoms with van der Waals surface area (Å²) in [5.41, 5.74) is 3.99. The van der Waals surface area contributed by atoms with E-state index in [-0.39, 0.29) is 5.75 Å². The van der Waals surface area contributed by atoms with Crippen molar-refractivity contribution in [2.24, 2.45) is 0 Å². The van der Waals surface area contributed by atoms with Gasteiger partial charge in [-0.2, -0.15) is 0 Å². The monoisotopic (exact) mass is 287 g/mol. The maximum Gasteiger partial charge on any atom is 0.146 e. The van der Waals surface area contributed by atoms with Gasteiger partial charge in [-0.25, -0.2) is 0 Å². The molecule has 0 aliphatic carbocycles. The first-order valence-corrected chi connectivity index (χ1v) is 6.81. The number of hydrogen-bond acceptors (Lipinski definition) is 3. The Kier molecular flexibility index (Phi) is 3.10. The van der Waals surface area contributed by atoms with Gasteiger partial charge in [0, 0.05) is 5.02 Å². The Bertz CT molecular complexity index is 795. The minimum atomic E-state index is 0.226. The fraction of sp³-hybridized carbons (Fsp3) is 0.200. The lowest BCUT2D eigenvalue weighted by Gasteiger charge is -2.09. The van der Waals surface area contributed by atoms with Gasteiger partial charge in [0.2, 0.25) is 0 Å². The van der Waals surface area contributed by atoms with Gasteiger partial charge in [-0.3, -0.25) is 0 Å². The number of aromatic hydroxyl groups is 1. The Morgan fingerprint density at radius 1 is 1.15 bits per heavy atom. The lowest BCUT2D eigenvalue weighted by Crippen LogP contribution is -2.01. The molecule has 1 heterocycles. The van der Waals surface area contributed by atoms with E-state index in [9.17, 15) is 5.11 Å². The standard InChI is InChI=1S/C15H14ClN3O/c1-3-10-6-9(2)7-14(15(10)20)19-17-12-5-4-11(16)8-13(12)18-19/h4-8,20H,3H2,1-2H3. The van der Waals surface area contributed by atoms with E-state index in [0.717, 1.165) is 23.1 Å². The van der Waals surface area contributed by atoms with Crippen LogP contribution in [0.4, 0.5) is 0 Å². The van der Waals surface area contributed by atoms with Crippen molar-refractivity contribution in [1.29, 1.82) is 0 Å². The largest absolute Gasteiger partial charge is 0.505 e. The molecule has 0 saturated carbocycles. The van der Waals surface area contributed by atoms with Gasteiger partial charge in [-0.1, -0.05) is 24.6 Å². The van der Waals surface area contributed by atoms with E-state index >= 15 is 0 Å². The summed E-state index contributed by atoms with van der Waals surface area (Å²) in [7, 11) is 0. The first kappa shape index (κ1) is 12.9. The van der Waals surface area contributed by atoms with E-state index < -0.39 is 0 Å². The van der Waals surface area contributed by atoms with Crippen molar-refractivity contribution in [3.8, 4) is 11.4 Å². The highest BCUT2D eigenvalue weighted by Gasteiger charge is 2.12. The molecule has 0 aliphatic heterocycles. The van der Waals surface area contributed by atoms with Crippen molar-refractivity contribution >= 4 is 22.6 Å². The fourth-order valence-corrected chi connectivity index (χ4v) is 2.42. The van der Waals surface area contributed by atoms with Crippen LogP contribution in [0.25, 0.3) is 16.7 Å². The minimum Gasteiger partial charge on any atom is -0.505 e. The number of fused-ring (bicyclic) bond motifs is 1. The van der Waals surface area contributed by atoms with Gasteiger partial charge in [0.25, 0.3) is 0 Å². The summed E-state index contributed by atoms with van der Waals surface area (Å²) in [6.45, 7) is 3.99. The van der Waals surface area contributed by atoms with Crippen LogP contribution < -0.4 is 0 Å². The van der Waals surface area contributed by atoms with E-state index in [2.05, 4.69) is 10.2 Å². The Labute approximate surface area is 121 Å². The normalized spacial score (nSPS) is 11.2. The van der Waals surface area contributed by atoms with Crippen LogP contribution >= 0.6 is 11.6 Å². The molecule has 0 atom stereocenters. The molecule has 1 aromatic heterocycles. The number of benzene rings is 2. The number of rotatable bonds is 2. The molecule has 2 aromatic carbocycles. The smallest absolute Gasteiger partial charge is 0.146 e. The van der Waals surface area contributed by atoms with Crippen molar-refractivity contribution in [2.45, 2.75) is 20.3 Å². The second-order valence-corrected chi connectivity index (χ2v) is 5.20. The zero-order valence-corrected chi connectivity index (χ0v) is 12.0. The zero-order chi connectivity index (χ0) is 14.3. The number of aromatic nitrogens is 3. The molecule has 20 heavy (non-hydrogen) atoms. The van der Waals surface area contributed by atoms with Crippen LogP contribution in [0.1, 0.15) is 18.1 Å². The lowest BCUT2D eigenvalue weighted by atomic mass is 10.1. The Hall–Kier alpha value is -2.07. The topological polar surface area (TPSA) is 50.9 Å². The van der Waals surface area contributed by atoms with Gasteiger partial charge >= 0.3 is 0 Å².